The van der Waals surface area contributed by atoms with Gasteiger partial charge in [-0.3, -0.25) is 4.79 Å². The zero-order chi connectivity index (χ0) is 10.9. The Hall–Kier alpha value is -0.210. The van der Waals surface area contributed by atoms with Gasteiger partial charge in [-0.25, -0.2) is 0 Å². The first-order valence-electron chi connectivity index (χ1n) is 3.48. The highest BCUT2D eigenvalue weighted by Gasteiger charge is 2.17. The van der Waals surface area contributed by atoms with Crippen molar-refractivity contribution in [2.24, 2.45) is 0 Å². The summed E-state index contributed by atoms with van der Waals surface area (Å²) in [7, 11) is 0. The van der Waals surface area contributed by atoms with Crippen LogP contribution < -0.4 is 0 Å². The Morgan fingerprint density at radius 3 is 2.21 bits per heavy atom. The van der Waals surface area contributed by atoms with Crippen LogP contribution in [0.4, 0.5) is 0 Å². The SMILES string of the molecule is C=CC(=O)c1c(Cl)cc(Cl)c(Cl)c1Cl. The molecule has 0 bridgehead atoms. The molecule has 0 unspecified atom stereocenters. The van der Waals surface area contributed by atoms with Crippen molar-refractivity contribution in [2.45, 2.75) is 0 Å². The van der Waals surface area contributed by atoms with Crippen LogP contribution in [0.5, 0.6) is 0 Å². The average molecular weight is 270 g/mol. The molecule has 0 fully saturated rings. The Morgan fingerprint density at radius 1 is 1.14 bits per heavy atom. The minimum Gasteiger partial charge on any atom is -0.289 e. The fourth-order valence-corrected chi connectivity index (χ4v) is 1.99. The highest BCUT2D eigenvalue weighted by atomic mass is 35.5. The first-order chi connectivity index (χ1) is 6.49. The molecular formula is C9H4Cl4O. The van der Waals surface area contributed by atoms with Gasteiger partial charge in [0.15, 0.2) is 5.78 Å². The van der Waals surface area contributed by atoms with Crippen LogP contribution in [0.1, 0.15) is 10.4 Å². The standard InChI is InChI=1S/C9H4Cl4O/c1-2-6(14)7-4(10)3-5(11)8(12)9(7)13/h2-3H,1H2. The van der Waals surface area contributed by atoms with Crippen LogP contribution in [0.3, 0.4) is 0 Å². The number of carbonyl (C=O) groups is 1. The molecule has 1 aromatic rings. The lowest BCUT2D eigenvalue weighted by Gasteiger charge is -2.06. The van der Waals surface area contributed by atoms with E-state index in [2.05, 4.69) is 6.58 Å². The normalized spacial score (nSPS) is 10.0. The van der Waals surface area contributed by atoms with Crippen molar-refractivity contribution in [2.75, 3.05) is 0 Å². The Bertz CT molecular complexity index is 412. The summed E-state index contributed by atoms with van der Waals surface area (Å²) in [5.74, 6) is -0.390. The van der Waals surface area contributed by atoms with Crippen molar-refractivity contribution in [1.29, 1.82) is 0 Å². The summed E-state index contributed by atoms with van der Waals surface area (Å²) < 4.78 is 0. The molecule has 0 N–H and O–H groups in total. The summed E-state index contributed by atoms with van der Waals surface area (Å²) >= 11 is 23.0. The second-order valence-corrected chi connectivity index (χ2v) is 3.98. The topological polar surface area (TPSA) is 17.1 Å². The lowest BCUT2D eigenvalue weighted by atomic mass is 10.1. The molecule has 1 rings (SSSR count). The van der Waals surface area contributed by atoms with E-state index in [9.17, 15) is 4.79 Å². The molecule has 0 saturated heterocycles. The quantitative estimate of drug-likeness (QED) is 0.330. The van der Waals surface area contributed by atoms with E-state index in [0.29, 0.717) is 0 Å². The number of allylic oxidation sites excluding steroid dienone is 1. The van der Waals surface area contributed by atoms with E-state index in [1.807, 2.05) is 0 Å². The maximum Gasteiger partial charge on any atom is 0.188 e. The van der Waals surface area contributed by atoms with Gasteiger partial charge in [-0.05, 0) is 12.1 Å². The van der Waals surface area contributed by atoms with E-state index in [1.165, 1.54) is 6.07 Å². The molecule has 0 aliphatic rings. The minimum atomic E-state index is -0.390. The van der Waals surface area contributed by atoms with E-state index in [1.54, 1.807) is 0 Å². The lowest BCUT2D eigenvalue weighted by Crippen LogP contribution is -1.97. The predicted molar refractivity (Wildman–Crippen MR) is 61.0 cm³/mol. The zero-order valence-electron chi connectivity index (χ0n) is 6.78. The molecule has 0 spiro atoms. The van der Waals surface area contributed by atoms with E-state index in [4.69, 9.17) is 46.4 Å². The van der Waals surface area contributed by atoms with Crippen molar-refractivity contribution >= 4 is 52.2 Å². The smallest absolute Gasteiger partial charge is 0.188 e. The third kappa shape index (κ3) is 2.06. The summed E-state index contributed by atoms with van der Waals surface area (Å²) in [6.45, 7) is 3.33. The summed E-state index contributed by atoms with van der Waals surface area (Å²) in [6, 6.07) is 1.37. The second kappa shape index (κ2) is 4.54. The summed E-state index contributed by atoms with van der Waals surface area (Å²) in [6.07, 6.45) is 1.11. The molecule has 5 heteroatoms. The third-order valence-corrected chi connectivity index (χ3v) is 3.11. The van der Waals surface area contributed by atoms with E-state index in [0.717, 1.165) is 6.08 Å². The van der Waals surface area contributed by atoms with Gasteiger partial charge >= 0.3 is 0 Å². The van der Waals surface area contributed by atoms with Crippen molar-refractivity contribution in [3.63, 3.8) is 0 Å². The van der Waals surface area contributed by atoms with Gasteiger partial charge in [-0.15, -0.1) is 0 Å². The van der Waals surface area contributed by atoms with E-state index >= 15 is 0 Å². The number of ketones is 1. The van der Waals surface area contributed by atoms with Gasteiger partial charge in [0, 0.05) is 0 Å². The largest absolute Gasteiger partial charge is 0.289 e. The van der Waals surface area contributed by atoms with Gasteiger partial charge in [-0.2, -0.15) is 0 Å². The fraction of sp³-hybridized carbons (Fsp3) is 0. The van der Waals surface area contributed by atoms with Crippen molar-refractivity contribution < 1.29 is 4.79 Å². The number of carbonyl (C=O) groups excluding carboxylic acids is 1. The lowest BCUT2D eigenvalue weighted by molar-refractivity contribution is 0.104. The minimum absolute atomic E-state index is 0.0501. The van der Waals surface area contributed by atoms with Crippen molar-refractivity contribution in [3.8, 4) is 0 Å². The van der Waals surface area contributed by atoms with Crippen LogP contribution >= 0.6 is 46.4 Å². The molecule has 1 aromatic carbocycles. The van der Waals surface area contributed by atoms with Gasteiger partial charge in [0.2, 0.25) is 0 Å². The molecule has 0 saturated carbocycles. The predicted octanol–water partition coefficient (Wildman–Crippen LogP) is 4.67. The number of hydrogen-bond acceptors (Lipinski definition) is 1. The third-order valence-electron chi connectivity index (χ3n) is 1.55. The maximum absolute atomic E-state index is 11.3. The van der Waals surface area contributed by atoms with Crippen LogP contribution in [-0.2, 0) is 0 Å². The Balaban J connectivity index is 3.51. The molecule has 0 amide bonds. The molecule has 0 atom stereocenters. The molecular weight excluding hydrogens is 266 g/mol. The van der Waals surface area contributed by atoms with Crippen LogP contribution in [-0.4, -0.2) is 5.78 Å². The Morgan fingerprint density at radius 2 is 1.71 bits per heavy atom. The molecule has 1 nitrogen and oxygen atoms in total. The number of benzene rings is 1. The van der Waals surface area contributed by atoms with Gasteiger partial charge in [0.1, 0.15) is 0 Å². The first-order valence-corrected chi connectivity index (χ1v) is 5.00. The summed E-state index contributed by atoms with van der Waals surface area (Å²) in [5, 5.41) is 0.536. The van der Waals surface area contributed by atoms with E-state index in [-0.39, 0.29) is 25.7 Å². The fourth-order valence-electron chi connectivity index (χ4n) is 0.894. The van der Waals surface area contributed by atoms with Crippen LogP contribution in [0, 0.1) is 0 Å². The molecule has 0 radical (unpaired) electrons. The number of halogens is 4. The molecule has 14 heavy (non-hydrogen) atoms. The highest BCUT2D eigenvalue weighted by Crippen LogP contribution is 2.37. The van der Waals surface area contributed by atoms with Crippen molar-refractivity contribution in [3.05, 3.63) is 44.4 Å². The molecule has 0 aliphatic carbocycles. The van der Waals surface area contributed by atoms with E-state index < -0.39 is 5.78 Å². The number of hydrogen-bond donors (Lipinski definition) is 0. The van der Waals surface area contributed by atoms with Gasteiger partial charge in [-0.1, -0.05) is 53.0 Å². The van der Waals surface area contributed by atoms with Gasteiger partial charge in [0.25, 0.3) is 0 Å². The zero-order valence-corrected chi connectivity index (χ0v) is 9.81. The van der Waals surface area contributed by atoms with Crippen molar-refractivity contribution in [1.82, 2.24) is 0 Å². The molecule has 0 aromatic heterocycles. The summed E-state index contributed by atoms with van der Waals surface area (Å²) in [5.41, 5.74) is 0.123. The molecule has 74 valence electrons. The monoisotopic (exact) mass is 268 g/mol. The molecule has 0 heterocycles. The Labute approximate surface area is 101 Å². The Kier molecular flexibility index (Phi) is 3.85. The first kappa shape index (κ1) is 11.9. The van der Waals surface area contributed by atoms with Crippen LogP contribution in [0.15, 0.2) is 18.7 Å². The number of rotatable bonds is 2. The summed E-state index contributed by atoms with van der Waals surface area (Å²) in [4.78, 5) is 11.3. The average Bonchev–Trinajstić information content (AvgIpc) is 2.14. The highest BCUT2D eigenvalue weighted by molar-refractivity contribution is 6.51. The van der Waals surface area contributed by atoms with Gasteiger partial charge < -0.3 is 0 Å². The van der Waals surface area contributed by atoms with Crippen LogP contribution in [0.2, 0.25) is 20.1 Å². The van der Waals surface area contributed by atoms with Gasteiger partial charge in [0.05, 0.1) is 25.7 Å². The second-order valence-electron chi connectivity index (χ2n) is 2.41. The van der Waals surface area contributed by atoms with Crippen LogP contribution in [0.25, 0.3) is 0 Å². The molecule has 0 aliphatic heterocycles. The maximum atomic E-state index is 11.3.